The lowest BCUT2D eigenvalue weighted by molar-refractivity contribution is -0.0457. The van der Waals surface area contributed by atoms with Crippen LogP contribution in [-0.2, 0) is 4.74 Å². The third-order valence-electron chi connectivity index (χ3n) is 4.00. The van der Waals surface area contributed by atoms with Crippen molar-refractivity contribution in [1.29, 1.82) is 0 Å². The van der Waals surface area contributed by atoms with Crippen molar-refractivity contribution in [2.24, 2.45) is 0 Å². The molecule has 0 aliphatic carbocycles. The highest BCUT2D eigenvalue weighted by molar-refractivity contribution is 5.73. The Balaban J connectivity index is 1.87. The molecule has 128 valence electrons. The maximum atomic E-state index is 12.2. The van der Waals surface area contributed by atoms with Gasteiger partial charge >= 0.3 is 5.69 Å². The number of hydrogen-bond donors (Lipinski definition) is 2. The Morgan fingerprint density at radius 3 is 3.04 bits per heavy atom. The van der Waals surface area contributed by atoms with E-state index in [1.807, 2.05) is 0 Å². The first-order valence-corrected chi connectivity index (χ1v) is 8.08. The predicted octanol–water partition coefficient (Wildman–Crippen LogP) is 1.17. The van der Waals surface area contributed by atoms with E-state index in [0.717, 1.165) is 19.3 Å². The number of nitrogens with zero attached hydrogens (tertiary/aromatic N) is 2. The molecular formula is C17H20N2O5. The van der Waals surface area contributed by atoms with Crippen LogP contribution in [0.15, 0.2) is 21.5 Å². The van der Waals surface area contributed by atoms with E-state index in [1.165, 1.54) is 4.57 Å². The lowest BCUT2D eigenvalue weighted by Gasteiger charge is -2.13. The van der Waals surface area contributed by atoms with Crippen molar-refractivity contribution in [2.45, 2.75) is 51.0 Å². The molecule has 3 atom stereocenters. The molecule has 2 aromatic heterocycles. The number of aliphatic hydroxyl groups is 2. The van der Waals surface area contributed by atoms with Gasteiger partial charge in [0.1, 0.15) is 12.3 Å². The summed E-state index contributed by atoms with van der Waals surface area (Å²) < 4.78 is 12.3. The zero-order chi connectivity index (χ0) is 17.1. The number of rotatable bonds is 4. The molecule has 0 spiro atoms. The molecule has 0 aromatic carbocycles. The molecule has 2 N–H and O–H groups in total. The summed E-state index contributed by atoms with van der Waals surface area (Å²) in [5.41, 5.74) is -0.300. The van der Waals surface area contributed by atoms with Crippen molar-refractivity contribution in [2.75, 3.05) is 6.61 Å². The molecule has 1 aliphatic rings. The van der Waals surface area contributed by atoms with Crippen LogP contribution in [0.2, 0.25) is 0 Å². The molecule has 1 fully saturated rings. The van der Waals surface area contributed by atoms with E-state index >= 15 is 0 Å². The highest BCUT2D eigenvalue weighted by Gasteiger charge is 2.35. The predicted molar refractivity (Wildman–Crippen MR) is 86.3 cm³/mol. The number of unbranched alkanes of at least 4 members (excludes halogenated alkanes) is 2. The second kappa shape index (κ2) is 7.18. The monoisotopic (exact) mass is 332 g/mol. The van der Waals surface area contributed by atoms with E-state index in [1.54, 1.807) is 12.3 Å². The third-order valence-corrected chi connectivity index (χ3v) is 4.00. The lowest BCUT2D eigenvalue weighted by atomic mass is 10.2. The Labute approximate surface area is 138 Å². The van der Waals surface area contributed by atoms with Gasteiger partial charge in [0.2, 0.25) is 5.71 Å². The highest BCUT2D eigenvalue weighted by atomic mass is 16.5. The van der Waals surface area contributed by atoms with Gasteiger partial charge in [0, 0.05) is 25.1 Å². The standard InChI is InChI=1S/C17H20N2O5/c1-2-3-4-5-6-12-7-11-9-19(17(22)18-16(11)23-12)15-8-13(21)14(10-20)24-15/h7,9,13-15,20-21H,2-4,8,10H2,1H3/t13-,14+,15+/m0/s1. The van der Waals surface area contributed by atoms with Gasteiger partial charge in [0.05, 0.1) is 18.1 Å². The van der Waals surface area contributed by atoms with Gasteiger partial charge in [-0.15, -0.1) is 0 Å². The highest BCUT2D eigenvalue weighted by Crippen LogP contribution is 2.28. The molecule has 0 saturated carbocycles. The van der Waals surface area contributed by atoms with E-state index in [2.05, 4.69) is 23.7 Å². The normalized spacial score (nSPS) is 23.4. The summed E-state index contributed by atoms with van der Waals surface area (Å²) in [7, 11) is 0. The molecule has 1 aliphatic heterocycles. The van der Waals surface area contributed by atoms with Gasteiger partial charge in [-0.3, -0.25) is 4.57 Å². The van der Waals surface area contributed by atoms with E-state index in [0.29, 0.717) is 11.1 Å². The molecule has 0 unspecified atom stereocenters. The Morgan fingerprint density at radius 2 is 2.33 bits per heavy atom. The van der Waals surface area contributed by atoms with E-state index in [-0.39, 0.29) is 18.7 Å². The maximum Gasteiger partial charge on any atom is 0.353 e. The molecule has 24 heavy (non-hydrogen) atoms. The zero-order valence-electron chi connectivity index (χ0n) is 13.4. The van der Waals surface area contributed by atoms with Crippen LogP contribution in [0.3, 0.4) is 0 Å². The van der Waals surface area contributed by atoms with Gasteiger partial charge in [0.15, 0.2) is 5.76 Å². The number of fused-ring (bicyclic) bond motifs is 1. The van der Waals surface area contributed by atoms with Crippen LogP contribution in [0.4, 0.5) is 0 Å². The number of aromatic nitrogens is 2. The van der Waals surface area contributed by atoms with Gasteiger partial charge < -0.3 is 19.4 Å². The molecular weight excluding hydrogens is 312 g/mol. The molecule has 0 bridgehead atoms. The Morgan fingerprint density at radius 1 is 1.50 bits per heavy atom. The molecule has 7 nitrogen and oxygen atoms in total. The molecule has 3 rings (SSSR count). The van der Waals surface area contributed by atoms with Crippen LogP contribution in [0.1, 0.15) is 44.6 Å². The average Bonchev–Trinajstić information content (AvgIpc) is 3.13. The fraction of sp³-hybridized carbons (Fsp3) is 0.529. The quantitative estimate of drug-likeness (QED) is 0.644. The van der Waals surface area contributed by atoms with Crippen molar-refractivity contribution in [3.8, 4) is 11.8 Å². The van der Waals surface area contributed by atoms with Crippen molar-refractivity contribution in [3.05, 3.63) is 28.5 Å². The second-order valence-electron chi connectivity index (χ2n) is 5.82. The zero-order valence-corrected chi connectivity index (χ0v) is 13.4. The van der Waals surface area contributed by atoms with E-state index in [4.69, 9.17) is 14.3 Å². The SMILES string of the molecule is CCCCC#Cc1cc2cn([C@H]3C[C@H](O)[C@@H](CO)O3)c(=O)nc2o1. The van der Waals surface area contributed by atoms with Gasteiger partial charge in [0.25, 0.3) is 0 Å². The van der Waals surface area contributed by atoms with Crippen molar-refractivity contribution in [1.82, 2.24) is 9.55 Å². The van der Waals surface area contributed by atoms with Gasteiger partial charge in [-0.05, 0) is 12.3 Å². The van der Waals surface area contributed by atoms with Crippen LogP contribution in [-0.4, -0.2) is 38.6 Å². The number of hydrogen-bond acceptors (Lipinski definition) is 6. The number of furan rings is 1. The van der Waals surface area contributed by atoms with E-state index < -0.39 is 24.1 Å². The first kappa shape index (κ1) is 16.7. The van der Waals surface area contributed by atoms with Crippen molar-refractivity contribution in [3.63, 3.8) is 0 Å². The fourth-order valence-electron chi connectivity index (χ4n) is 2.66. The van der Waals surface area contributed by atoms with Crippen LogP contribution < -0.4 is 5.69 Å². The number of aliphatic hydroxyl groups excluding tert-OH is 2. The summed E-state index contributed by atoms with van der Waals surface area (Å²) in [5, 5.41) is 19.6. The Kier molecular flexibility index (Phi) is 5.00. The first-order valence-electron chi connectivity index (χ1n) is 8.08. The molecule has 0 radical (unpaired) electrons. The molecule has 0 amide bonds. The van der Waals surface area contributed by atoms with E-state index in [9.17, 15) is 9.90 Å². The van der Waals surface area contributed by atoms with Gasteiger partial charge in [-0.1, -0.05) is 19.3 Å². The molecule has 3 heterocycles. The summed E-state index contributed by atoms with van der Waals surface area (Å²) in [6.45, 7) is 1.80. The molecule has 1 saturated heterocycles. The van der Waals surface area contributed by atoms with Crippen LogP contribution in [0.5, 0.6) is 0 Å². The smallest absolute Gasteiger partial charge is 0.353 e. The minimum Gasteiger partial charge on any atom is -0.429 e. The third kappa shape index (κ3) is 3.36. The average molecular weight is 332 g/mol. The summed E-state index contributed by atoms with van der Waals surface area (Å²) in [5.74, 6) is 6.42. The Bertz CT molecular complexity index is 829. The van der Waals surface area contributed by atoms with Crippen molar-refractivity contribution >= 4 is 11.1 Å². The molecule has 2 aromatic rings. The van der Waals surface area contributed by atoms with Crippen LogP contribution in [0, 0.1) is 11.8 Å². The largest absolute Gasteiger partial charge is 0.429 e. The second-order valence-corrected chi connectivity index (χ2v) is 5.82. The summed E-state index contributed by atoms with van der Waals surface area (Å²) in [6, 6.07) is 1.73. The molecule has 7 heteroatoms. The first-order chi connectivity index (χ1) is 11.6. The van der Waals surface area contributed by atoms with Gasteiger partial charge in [-0.25, -0.2) is 4.79 Å². The minimum atomic E-state index is -0.813. The topological polar surface area (TPSA) is 97.7 Å². The van der Waals surface area contributed by atoms with Crippen molar-refractivity contribution < 1.29 is 19.4 Å². The summed E-state index contributed by atoms with van der Waals surface area (Å²) in [6.07, 6.45) is 2.55. The Hall–Kier alpha value is -2.14. The minimum absolute atomic E-state index is 0.222. The number of ether oxygens (including phenoxy) is 1. The summed E-state index contributed by atoms with van der Waals surface area (Å²) in [4.78, 5) is 16.1. The van der Waals surface area contributed by atoms with Crippen LogP contribution in [0.25, 0.3) is 11.1 Å². The lowest BCUT2D eigenvalue weighted by Crippen LogP contribution is -2.27. The van der Waals surface area contributed by atoms with Crippen LogP contribution >= 0.6 is 0 Å². The fourth-order valence-corrected chi connectivity index (χ4v) is 2.66. The van der Waals surface area contributed by atoms with Gasteiger partial charge in [-0.2, -0.15) is 4.98 Å². The summed E-state index contributed by atoms with van der Waals surface area (Å²) >= 11 is 0. The maximum absolute atomic E-state index is 12.2.